The van der Waals surface area contributed by atoms with Crippen LogP contribution in [0.4, 0.5) is 5.82 Å². The molecule has 0 saturated carbocycles. The van der Waals surface area contributed by atoms with Gasteiger partial charge >= 0.3 is 0 Å². The lowest BCUT2D eigenvalue weighted by atomic mass is 10.1. The average molecular weight is 396 g/mol. The molecule has 1 aromatic heterocycles. The molecule has 2 aromatic rings. The van der Waals surface area contributed by atoms with E-state index in [1.807, 2.05) is 31.2 Å². The Hall–Kier alpha value is -2.84. The highest BCUT2D eigenvalue weighted by atomic mass is 32.1. The second kappa shape index (κ2) is 7.29. The first-order chi connectivity index (χ1) is 13.4. The van der Waals surface area contributed by atoms with Gasteiger partial charge in [0.2, 0.25) is 5.91 Å². The van der Waals surface area contributed by atoms with Crippen LogP contribution in [-0.4, -0.2) is 53.1 Å². The van der Waals surface area contributed by atoms with Crippen molar-refractivity contribution in [1.29, 1.82) is 0 Å². The van der Waals surface area contributed by atoms with Crippen molar-refractivity contribution in [3.63, 3.8) is 0 Å². The number of amides is 2. The van der Waals surface area contributed by atoms with Crippen LogP contribution in [0.25, 0.3) is 17.0 Å². The molecule has 2 fully saturated rings. The molecule has 0 radical (unpaired) electrons. The van der Waals surface area contributed by atoms with Gasteiger partial charge in [0.05, 0.1) is 18.7 Å². The number of aromatic nitrogens is 1. The number of nitrogens with one attached hydrogen (secondary N) is 1. The zero-order valence-corrected chi connectivity index (χ0v) is 16.5. The molecule has 0 unspecified atom stereocenters. The molecule has 28 heavy (non-hydrogen) atoms. The van der Waals surface area contributed by atoms with Gasteiger partial charge in [-0.1, -0.05) is 12.1 Å². The molecule has 1 N–H and O–H groups in total. The van der Waals surface area contributed by atoms with Crippen LogP contribution >= 0.6 is 12.2 Å². The van der Waals surface area contributed by atoms with Crippen LogP contribution in [0.1, 0.15) is 18.1 Å². The van der Waals surface area contributed by atoms with Gasteiger partial charge < -0.3 is 9.64 Å². The molecule has 2 saturated heterocycles. The lowest BCUT2D eigenvalue weighted by Gasteiger charge is -2.29. The van der Waals surface area contributed by atoms with Gasteiger partial charge in [-0.2, -0.15) is 0 Å². The van der Waals surface area contributed by atoms with Gasteiger partial charge in [0.15, 0.2) is 5.11 Å². The highest BCUT2D eigenvalue weighted by molar-refractivity contribution is 7.80. The summed E-state index contributed by atoms with van der Waals surface area (Å²) in [6, 6.07) is 8.06. The first-order valence-corrected chi connectivity index (χ1v) is 9.46. The molecule has 0 atom stereocenters. The molecule has 144 valence electrons. The number of carbonyl (C=O) groups is 2. The van der Waals surface area contributed by atoms with Crippen molar-refractivity contribution >= 4 is 51.9 Å². The summed E-state index contributed by atoms with van der Waals surface area (Å²) in [7, 11) is 0. The molecule has 8 heteroatoms. The fourth-order valence-corrected chi connectivity index (χ4v) is 3.76. The zero-order valence-electron chi connectivity index (χ0n) is 15.7. The Labute approximate surface area is 168 Å². The summed E-state index contributed by atoms with van der Waals surface area (Å²) in [5, 5.41) is 3.60. The minimum Gasteiger partial charge on any atom is -0.378 e. The number of aryl methyl sites for hydroxylation is 1. The molecule has 4 rings (SSSR count). The smallest absolute Gasteiger partial charge is 0.274 e. The van der Waals surface area contributed by atoms with Gasteiger partial charge in [0.1, 0.15) is 11.5 Å². The number of pyridine rings is 1. The van der Waals surface area contributed by atoms with E-state index in [0.29, 0.717) is 26.3 Å². The molecule has 1 aromatic carbocycles. The van der Waals surface area contributed by atoms with Gasteiger partial charge in [-0.25, -0.2) is 4.98 Å². The summed E-state index contributed by atoms with van der Waals surface area (Å²) in [5.41, 5.74) is 2.99. The minimum absolute atomic E-state index is 0.0982. The number of anilines is 1. The van der Waals surface area contributed by atoms with Crippen LogP contribution in [0.5, 0.6) is 0 Å². The monoisotopic (exact) mass is 396 g/mol. The predicted octanol–water partition coefficient (Wildman–Crippen LogP) is 1.98. The Morgan fingerprint density at radius 3 is 2.75 bits per heavy atom. The summed E-state index contributed by atoms with van der Waals surface area (Å²) in [6.45, 7) is 6.06. The average Bonchev–Trinajstić information content (AvgIpc) is 2.95. The number of morpholine rings is 1. The van der Waals surface area contributed by atoms with Gasteiger partial charge in [-0.15, -0.1) is 0 Å². The van der Waals surface area contributed by atoms with Crippen LogP contribution < -0.4 is 10.2 Å². The van der Waals surface area contributed by atoms with Crippen molar-refractivity contribution in [2.24, 2.45) is 0 Å². The van der Waals surface area contributed by atoms with E-state index in [9.17, 15) is 9.59 Å². The Morgan fingerprint density at radius 2 is 2.04 bits per heavy atom. The molecule has 7 nitrogen and oxygen atoms in total. The Morgan fingerprint density at radius 1 is 1.29 bits per heavy atom. The number of thiocarbonyl (C=S) groups is 1. The predicted molar refractivity (Wildman–Crippen MR) is 111 cm³/mol. The number of benzene rings is 1. The Bertz CT molecular complexity index is 1030. The quantitative estimate of drug-likeness (QED) is 0.618. The van der Waals surface area contributed by atoms with Gasteiger partial charge in [-0.05, 0) is 42.9 Å². The van der Waals surface area contributed by atoms with Crippen molar-refractivity contribution in [1.82, 2.24) is 15.2 Å². The molecular formula is C20H20N4O3S. The van der Waals surface area contributed by atoms with Gasteiger partial charge in [0.25, 0.3) is 5.91 Å². The van der Waals surface area contributed by atoms with Gasteiger partial charge in [-0.3, -0.25) is 19.8 Å². The molecule has 2 aliphatic rings. The van der Waals surface area contributed by atoms with Crippen LogP contribution in [0, 0.1) is 6.92 Å². The molecule has 2 amide bonds. The lowest BCUT2D eigenvalue weighted by molar-refractivity contribution is -0.125. The third-order valence-corrected chi connectivity index (χ3v) is 5.08. The van der Waals surface area contributed by atoms with Crippen molar-refractivity contribution in [2.45, 2.75) is 13.8 Å². The Balaban J connectivity index is 1.89. The standard InChI is InChI=1S/C20H20N4O3S/c1-12-3-4-14-10-15(11-17-19(26)22-20(28)24(17)13(2)25)18(21-16(14)9-12)23-5-7-27-8-6-23/h3-4,9-11H,5-8H2,1-2H3,(H,22,26,28)/b17-11+. The number of nitrogens with zero attached hydrogens (tertiary/aromatic N) is 3. The minimum atomic E-state index is -0.392. The molecular weight excluding hydrogens is 376 g/mol. The van der Waals surface area contributed by atoms with Crippen molar-refractivity contribution in [3.05, 3.63) is 41.1 Å². The van der Waals surface area contributed by atoms with Crippen LogP contribution in [0.15, 0.2) is 30.0 Å². The van der Waals surface area contributed by atoms with Crippen LogP contribution in [0.3, 0.4) is 0 Å². The third kappa shape index (κ3) is 3.36. The number of hydrogen-bond acceptors (Lipinski definition) is 6. The Kier molecular flexibility index (Phi) is 4.82. The highest BCUT2D eigenvalue weighted by Gasteiger charge is 2.33. The number of rotatable bonds is 2. The largest absolute Gasteiger partial charge is 0.378 e. The fraction of sp³-hybridized carbons (Fsp3) is 0.300. The maximum atomic E-state index is 12.4. The fourth-order valence-electron chi connectivity index (χ4n) is 3.44. The highest BCUT2D eigenvalue weighted by Crippen LogP contribution is 2.28. The second-order valence-corrected chi connectivity index (χ2v) is 7.23. The molecule has 0 aliphatic carbocycles. The molecule has 2 aliphatic heterocycles. The summed E-state index contributed by atoms with van der Waals surface area (Å²) in [4.78, 5) is 32.6. The summed E-state index contributed by atoms with van der Waals surface area (Å²) in [5.74, 6) is 0.0621. The summed E-state index contributed by atoms with van der Waals surface area (Å²) >= 11 is 5.13. The van der Waals surface area contributed by atoms with E-state index >= 15 is 0 Å². The van der Waals surface area contributed by atoms with E-state index < -0.39 is 5.91 Å². The maximum Gasteiger partial charge on any atom is 0.274 e. The van der Waals surface area contributed by atoms with Crippen LogP contribution in [-0.2, 0) is 14.3 Å². The van der Waals surface area contributed by atoms with E-state index in [0.717, 1.165) is 27.8 Å². The van der Waals surface area contributed by atoms with Crippen molar-refractivity contribution in [2.75, 3.05) is 31.2 Å². The van der Waals surface area contributed by atoms with E-state index in [4.69, 9.17) is 21.9 Å². The zero-order chi connectivity index (χ0) is 19.8. The van der Waals surface area contributed by atoms with Crippen molar-refractivity contribution < 1.29 is 14.3 Å². The van der Waals surface area contributed by atoms with Gasteiger partial charge in [0, 0.05) is 31.0 Å². The topological polar surface area (TPSA) is 74.8 Å². The van der Waals surface area contributed by atoms with E-state index in [1.54, 1.807) is 6.08 Å². The number of hydrogen-bond donors (Lipinski definition) is 1. The second-order valence-electron chi connectivity index (χ2n) is 6.84. The third-order valence-electron chi connectivity index (χ3n) is 4.80. The molecule has 0 spiro atoms. The normalized spacial score (nSPS) is 18.9. The molecule has 0 bridgehead atoms. The maximum absolute atomic E-state index is 12.4. The van der Waals surface area contributed by atoms with E-state index in [-0.39, 0.29) is 16.7 Å². The first kappa shape index (κ1) is 18.5. The number of ether oxygens (including phenoxy) is 1. The summed E-state index contributed by atoms with van der Waals surface area (Å²) < 4.78 is 5.46. The van der Waals surface area contributed by atoms with E-state index in [2.05, 4.69) is 10.2 Å². The SMILES string of the molecule is CC(=O)N1C(=S)NC(=O)/C1=C\c1cc2ccc(C)cc2nc1N1CCOCC1. The van der Waals surface area contributed by atoms with Crippen molar-refractivity contribution in [3.8, 4) is 0 Å². The first-order valence-electron chi connectivity index (χ1n) is 9.06. The molecule has 3 heterocycles. The summed E-state index contributed by atoms with van der Waals surface area (Å²) in [6.07, 6.45) is 1.69. The number of carbonyl (C=O) groups excluding carboxylic acids is 2. The number of fused-ring (bicyclic) bond motifs is 1. The van der Waals surface area contributed by atoms with Crippen LogP contribution in [0.2, 0.25) is 0 Å². The lowest BCUT2D eigenvalue weighted by Crippen LogP contribution is -2.37. The van der Waals surface area contributed by atoms with E-state index in [1.165, 1.54) is 11.8 Å².